The normalized spacial score (nSPS) is 15.5. The van der Waals surface area contributed by atoms with Crippen LogP contribution in [0.4, 0.5) is 0 Å². The second-order valence-corrected chi connectivity index (χ2v) is 7.65. The second-order valence-electron chi connectivity index (χ2n) is 7.29. The highest BCUT2D eigenvalue weighted by Gasteiger charge is 2.30. The maximum Gasteiger partial charge on any atom is 0.327 e. The fraction of sp³-hybridized carbons (Fsp3) is 0.765. The molecular formula is C17H32N4O6S. The van der Waals surface area contributed by atoms with E-state index in [2.05, 4.69) is 28.6 Å². The molecule has 0 aromatic heterocycles. The Morgan fingerprint density at radius 3 is 1.75 bits per heavy atom. The average molecular weight is 421 g/mol. The number of hydrogen-bond donors (Lipinski definition) is 7. The van der Waals surface area contributed by atoms with Crippen molar-refractivity contribution >= 4 is 36.3 Å². The van der Waals surface area contributed by atoms with E-state index in [9.17, 15) is 24.3 Å². The number of carboxylic acids is 1. The van der Waals surface area contributed by atoms with Gasteiger partial charge in [0.25, 0.3) is 0 Å². The minimum absolute atomic E-state index is 0.00635. The van der Waals surface area contributed by atoms with Crippen molar-refractivity contribution < 1.29 is 29.4 Å². The molecule has 0 aliphatic heterocycles. The number of amides is 3. The van der Waals surface area contributed by atoms with E-state index in [-0.39, 0.29) is 24.0 Å². The van der Waals surface area contributed by atoms with Crippen LogP contribution in [-0.4, -0.2) is 70.4 Å². The van der Waals surface area contributed by atoms with Gasteiger partial charge < -0.3 is 31.9 Å². The number of nitrogens with two attached hydrogens (primary N) is 1. The Morgan fingerprint density at radius 1 is 0.893 bits per heavy atom. The summed E-state index contributed by atoms with van der Waals surface area (Å²) in [6.07, 6.45) is 0.230. The van der Waals surface area contributed by atoms with Gasteiger partial charge in [-0.15, -0.1) is 0 Å². The van der Waals surface area contributed by atoms with Crippen LogP contribution in [-0.2, 0) is 19.2 Å². The summed E-state index contributed by atoms with van der Waals surface area (Å²) < 4.78 is 0. The van der Waals surface area contributed by atoms with Crippen LogP contribution in [0.15, 0.2) is 0 Å². The first-order valence-corrected chi connectivity index (χ1v) is 9.68. The van der Waals surface area contributed by atoms with Crippen LogP contribution >= 0.6 is 12.6 Å². The number of aliphatic hydroxyl groups excluding tert-OH is 1. The molecule has 7 N–H and O–H groups in total. The van der Waals surface area contributed by atoms with Gasteiger partial charge in [0.05, 0.1) is 12.6 Å². The third-order valence-corrected chi connectivity index (χ3v) is 4.34. The topological polar surface area (TPSA) is 171 Å². The molecule has 0 aliphatic carbocycles. The van der Waals surface area contributed by atoms with Crippen LogP contribution in [0.2, 0.25) is 0 Å². The van der Waals surface area contributed by atoms with Gasteiger partial charge in [0, 0.05) is 5.75 Å². The molecule has 4 atom stereocenters. The Bertz CT molecular complexity index is 558. The summed E-state index contributed by atoms with van der Waals surface area (Å²) in [6, 6.07) is -4.40. The predicted molar refractivity (Wildman–Crippen MR) is 107 cm³/mol. The summed E-state index contributed by atoms with van der Waals surface area (Å²) in [5.41, 5.74) is 5.72. The molecule has 0 aromatic carbocycles. The third-order valence-electron chi connectivity index (χ3n) is 3.97. The molecule has 162 valence electrons. The molecule has 0 heterocycles. The van der Waals surface area contributed by atoms with Gasteiger partial charge in [0.15, 0.2) is 0 Å². The summed E-state index contributed by atoms with van der Waals surface area (Å²) in [5, 5.41) is 25.6. The van der Waals surface area contributed by atoms with E-state index in [1.165, 1.54) is 0 Å². The molecule has 28 heavy (non-hydrogen) atoms. The lowest BCUT2D eigenvalue weighted by Crippen LogP contribution is -2.58. The summed E-state index contributed by atoms with van der Waals surface area (Å²) in [5.74, 6) is -3.60. The van der Waals surface area contributed by atoms with E-state index in [4.69, 9.17) is 10.8 Å². The lowest BCUT2D eigenvalue weighted by molar-refractivity contribution is -0.141. The monoisotopic (exact) mass is 420 g/mol. The van der Waals surface area contributed by atoms with E-state index in [0.717, 1.165) is 0 Å². The molecule has 0 bridgehead atoms. The Morgan fingerprint density at radius 2 is 1.36 bits per heavy atom. The Labute approximate surface area is 170 Å². The van der Waals surface area contributed by atoms with Crippen LogP contribution in [0.5, 0.6) is 0 Å². The Balaban J connectivity index is 5.18. The van der Waals surface area contributed by atoms with Crippen molar-refractivity contribution in [3.63, 3.8) is 0 Å². The molecular weight excluding hydrogens is 388 g/mol. The first-order valence-electron chi connectivity index (χ1n) is 9.05. The van der Waals surface area contributed by atoms with Crippen molar-refractivity contribution in [3.05, 3.63) is 0 Å². The zero-order chi connectivity index (χ0) is 22.0. The zero-order valence-electron chi connectivity index (χ0n) is 16.6. The quantitative estimate of drug-likeness (QED) is 0.188. The lowest BCUT2D eigenvalue weighted by atomic mass is 10.0. The van der Waals surface area contributed by atoms with E-state index < -0.39 is 54.5 Å². The van der Waals surface area contributed by atoms with Gasteiger partial charge in [-0.2, -0.15) is 12.6 Å². The number of carbonyl (C=O) groups excluding carboxylic acids is 3. The molecule has 3 amide bonds. The van der Waals surface area contributed by atoms with Gasteiger partial charge in [-0.3, -0.25) is 14.4 Å². The number of thiol groups is 1. The van der Waals surface area contributed by atoms with Gasteiger partial charge in [0.2, 0.25) is 17.7 Å². The smallest absolute Gasteiger partial charge is 0.327 e. The molecule has 0 aromatic rings. The SMILES string of the molecule is CC(C)CC(NC(=O)C(CO)NC(=O)C(N)C(C)C)C(=O)NC(CS)C(=O)O. The van der Waals surface area contributed by atoms with Crippen LogP contribution in [0.25, 0.3) is 0 Å². The number of carbonyl (C=O) groups is 4. The largest absolute Gasteiger partial charge is 0.480 e. The molecule has 0 saturated heterocycles. The number of aliphatic hydroxyl groups is 1. The fourth-order valence-corrected chi connectivity index (χ4v) is 2.45. The van der Waals surface area contributed by atoms with Crippen molar-refractivity contribution in [1.82, 2.24) is 16.0 Å². The summed E-state index contributed by atoms with van der Waals surface area (Å²) in [4.78, 5) is 48.0. The maximum atomic E-state index is 12.4. The van der Waals surface area contributed by atoms with Crippen LogP contribution in [0.1, 0.15) is 34.1 Å². The van der Waals surface area contributed by atoms with Crippen molar-refractivity contribution in [1.29, 1.82) is 0 Å². The van der Waals surface area contributed by atoms with E-state index >= 15 is 0 Å². The highest BCUT2D eigenvalue weighted by atomic mass is 32.1. The summed E-state index contributed by atoms with van der Waals surface area (Å²) in [7, 11) is 0. The third kappa shape index (κ3) is 8.89. The van der Waals surface area contributed by atoms with Gasteiger partial charge in [-0.25, -0.2) is 4.79 Å². The molecule has 0 saturated carbocycles. The molecule has 4 unspecified atom stereocenters. The van der Waals surface area contributed by atoms with E-state index in [1.807, 2.05) is 13.8 Å². The fourth-order valence-electron chi connectivity index (χ4n) is 2.20. The second kappa shape index (κ2) is 12.6. The summed E-state index contributed by atoms with van der Waals surface area (Å²) >= 11 is 3.88. The highest BCUT2D eigenvalue weighted by molar-refractivity contribution is 7.80. The Hall–Kier alpha value is -1.85. The van der Waals surface area contributed by atoms with Crippen molar-refractivity contribution in [2.24, 2.45) is 17.6 Å². The Kier molecular flexibility index (Phi) is 11.7. The molecule has 10 nitrogen and oxygen atoms in total. The minimum Gasteiger partial charge on any atom is -0.480 e. The molecule has 0 radical (unpaired) electrons. The predicted octanol–water partition coefficient (Wildman–Crippen LogP) is -1.52. The van der Waals surface area contributed by atoms with E-state index in [1.54, 1.807) is 13.8 Å². The van der Waals surface area contributed by atoms with E-state index in [0.29, 0.717) is 0 Å². The maximum absolute atomic E-state index is 12.4. The van der Waals surface area contributed by atoms with Crippen LogP contribution in [0, 0.1) is 11.8 Å². The van der Waals surface area contributed by atoms with Gasteiger partial charge >= 0.3 is 5.97 Å². The van der Waals surface area contributed by atoms with Gasteiger partial charge in [0.1, 0.15) is 18.1 Å². The standard InChI is InChI=1S/C17H32N4O6S/c1-8(2)5-10(14(23)21-12(7-28)17(26)27)19-15(24)11(6-22)20-16(25)13(18)9(3)4/h8-13,22,28H,5-7,18H2,1-4H3,(H,19,24)(H,20,25)(H,21,23)(H,26,27). The molecule has 0 rings (SSSR count). The number of aliphatic carboxylic acids is 1. The first kappa shape index (κ1) is 26.1. The molecule has 11 heteroatoms. The molecule has 0 fully saturated rings. The highest BCUT2D eigenvalue weighted by Crippen LogP contribution is 2.07. The molecule has 0 aliphatic rings. The number of carboxylic acid groups (broad SMARTS) is 1. The van der Waals surface area contributed by atoms with Crippen molar-refractivity contribution in [2.45, 2.75) is 58.3 Å². The lowest BCUT2D eigenvalue weighted by Gasteiger charge is -2.25. The van der Waals surface area contributed by atoms with Crippen LogP contribution in [0.3, 0.4) is 0 Å². The van der Waals surface area contributed by atoms with Crippen molar-refractivity contribution in [2.75, 3.05) is 12.4 Å². The molecule has 0 spiro atoms. The minimum atomic E-state index is -1.29. The number of nitrogens with one attached hydrogen (secondary N) is 3. The number of hydrogen-bond acceptors (Lipinski definition) is 7. The van der Waals surface area contributed by atoms with Gasteiger partial charge in [-0.1, -0.05) is 27.7 Å². The number of rotatable bonds is 12. The van der Waals surface area contributed by atoms with Crippen molar-refractivity contribution in [3.8, 4) is 0 Å². The summed E-state index contributed by atoms with van der Waals surface area (Å²) in [6.45, 7) is 6.44. The van der Waals surface area contributed by atoms with Gasteiger partial charge in [-0.05, 0) is 18.3 Å². The zero-order valence-corrected chi connectivity index (χ0v) is 17.5. The first-order chi connectivity index (χ1) is 12.9. The van der Waals surface area contributed by atoms with Crippen LogP contribution < -0.4 is 21.7 Å². The average Bonchev–Trinajstić information content (AvgIpc) is 2.61.